The lowest BCUT2D eigenvalue weighted by Gasteiger charge is -2.19. The fourth-order valence-electron chi connectivity index (χ4n) is 3.49. The van der Waals surface area contributed by atoms with E-state index in [1.807, 2.05) is 61.5 Å². The smallest absolute Gasteiger partial charge is 0.251 e. The summed E-state index contributed by atoms with van der Waals surface area (Å²) in [5.74, 6) is 0.731. The second-order valence-corrected chi connectivity index (χ2v) is 7.86. The van der Waals surface area contributed by atoms with E-state index in [0.29, 0.717) is 37.0 Å². The van der Waals surface area contributed by atoms with Crippen LogP contribution < -0.4 is 10.1 Å². The Morgan fingerprint density at radius 3 is 2.83 bits per heavy atom. The Bertz CT molecular complexity index is 1040. The quantitative estimate of drug-likeness (QED) is 0.621. The molecule has 2 heterocycles. The fraction of sp³-hybridized carbons (Fsp3) is 0.250. The van der Waals surface area contributed by atoms with E-state index in [4.69, 9.17) is 16.3 Å². The van der Waals surface area contributed by atoms with Crippen LogP contribution in [0.15, 0.2) is 60.8 Å². The minimum absolute atomic E-state index is 0.0931. The van der Waals surface area contributed by atoms with Gasteiger partial charge in [-0.05, 0) is 36.8 Å². The highest BCUT2D eigenvalue weighted by molar-refractivity contribution is 6.30. The van der Waals surface area contributed by atoms with Crippen LogP contribution in [0.25, 0.3) is 0 Å². The SMILES string of the molecule is Cc1ccc(CNC(=O)c2ccc3c(c2)CN(Cc2cccnc2Cl)CCO3)cc1. The zero-order valence-electron chi connectivity index (χ0n) is 16.9. The van der Waals surface area contributed by atoms with E-state index >= 15 is 0 Å². The Labute approximate surface area is 181 Å². The molecule has 5 nitrogen and oxygen atoms in total. The molecule has 0 radical (unpaired) electrons. The number of aromatic nitrogens is 1. The molecule has 1 aliphatic heterocycles. The number of pyridine rings is 1. The number of fused-ring (bicyclic) bond motifs is 1. The monoisotopic (exact) mass is 421 g/mol. The van der Waals surface area contributed by atoms with Crippen LogP contribution in [-0.2, 0) is 19.6 Å². The van der Waals surface area contributed by atoms with Crippen molar-refractivity contribution in [3.8, 4) is 5.75 Å². The number of benzene rings is 2. The second kappa shape index (κ2) is 9.28. The molecule has 0 bridgehead atoms. The third kappa shape index (κ3) is 4.99. The molecular weight excluding hydrogens is 398 g/mol. The molecule has 1 N–H and O–H groups in total. The van der Waals surface area contributed by atoms with E-state index in [-0.39, 0.29) is 5.91 Å². The van der Waals surface area contributed by atoms with Gasteiger partial charge < -0.3 is 10.1 Å². The molecule has 1 aliphatic rings. The van der Waals surface area contributed by atoms with Crippen LogP contribution in [0.4, 0.5) is 0 Å². The van der Waals surface area contributed by atoms with E-state index in [1.165, 1.54) is 5.56 Å². The highest BCUT2D eigenvalue weighted by Gasteiger charge is 2.18. The van der Waals surface area contributed by atoms with Gasteiger partial charge in [0.2, 0.25) is 0 Å². The van der Waals surface area contributed by atoms with Crippen molar-refractivity contribution in [2.24, 2.45) is 0 Å². The molecule has 0 aliphatic carbocycles. The van der Waals surface area contributed by atoms with E-state index in [9.17, 15) is 4.79 Å². The lowest BCUT2D eigenvalue weighted by atomic mass is 10.1. The molecule has 4 rings (SSSR count). The lowest BCUT2D eigenvalue weighted by molar-refractivity contribution is 0.0950. The highest BCUT2D eigenvalue weighted by atomic mass is 35.5. The Morgan fingerprint density at radius 1 is 1.20 bits per heavy atom. The van der Waals surface area contributed by atoms with Gasteiger partial charge >= 0.3 is 0 Å². The number of rotatable bonds is 5. The van der Waals surface area contributed by atoms with Gasteiger partial charge in [-0.2, -0.15) is 0 Å². The van der Waals surface area contributed by atoms with Crippen LogP contribution >= 0.6 is 11.6 Å². The summed E-state index contributed by atoms with van der Waals surface area (Å²) in [5, 5.41) is 3.52. The van der Waals surface area contributed by atoms with E-state index < -0.39 is 0 Å². The van der Waals surface area contributed by atoms with Gasteiger partial charge in [0, 0.05) is 49.1 Å². The normalized spacial score (nSPS) is 13.8. The van der Waals surface area contributed by atoms with Crippen molar-refractivity contribution in [2.45, 2.75) is 26.6 Å². The molecule has 1 aromatic heterocycles. The summed E-state index contributed by atoms with van der Waals surface area (Å²) in [5.41, 5.74) is 4.88. The second-order valence-electron chi connectivity index (χ2n) is 7.50. The van der Waals surface area contributed by atoms with Crippen molar-refractivity contribution >= 4 is 17.5 Å². The topological polar surface area (TPSA) is 54.5 Å². The summed E-state index contributed by atoms with van der Waals surface area (Å²) >= 11 is 6.22. The van der Waals surface area contributed by atoms with E-state index in [2.05, 4.69) is 15.2 Å². The average Bonchev–Trinajstić information content (AvgIpc) is 2.96. The van der Waals surface area contributed by atoms with Crippen LogP contribution in [0.2, 0.25) is 5.15 Å². The summed E-state index contributed by atoms with van der Waals surface area (Å²) in [4.78, 5) is 19.1. The Hall–Kier alpha value is -2.89. The average molecular weight is 422 g/mol. The molecule has 30 heavy (non-hydrogen) atoms. The third-order valence-corrected chi connectivity index (χ3v) is 5.53. The summed E-state index contributed by atoms with van der Waals surface area (Å²) in [7, 11) is 0. The first-order chi connectivity index (χ1) is 14.6. The fourth-order valence-corrected chi connectivity index (χ4v) is 3.67. The maximum atomic E-state index is 12.7. The number of amides is 1. The summed E-state index contributed by atoms with van der Waals surface area (Å²) < 4.78 is 5.90. The van der Waals surface area contributed by atoms with Gasteiger partial charge in [0.05, 0.1) is 0 Å². The van der Waals surface area contributed by atoms with Crippen LogP contribution in [0.3, 0.4) is 0 Å². The van der Waals surface area contributed by atoms with Crippen LogP contribution in [0, 0.1) is 6.92 Å². The number of nitrogens with zero attached hydrogens (tertiary/aromatic N) is 2. The van der Waals surface area contributed by atoms with Gasteiger partial charge in [-0.15, -0.1) is 0 Å². The molecule has 154 valence electrons. The molecule has 0 saturated heterocycles. The van der Waals surface area contributed by atoms with Gasteiger partial charge in [-0.3, -0.25) is 9.69 Å². The number of hydrogen-bond donors (Lipinski definition) is 1. The first-order valence-corrected chi connectivity index (χ1v) is 10.4. The summed E-state index contributed by atoms with van der Waals surface area (Å²) in [6.45, 7) is 5.27. The van der Waals surface area contributed by atoms with Crippen LogP contribution in [0.5, 0.6) is 5.75 Å². The van der Waals surface area contributed by atoms with Crippen LogP contribution in [-0.4, -0.2) is 28.9 Å². The predicted molar refractivity (Wildman–Crippen MR) is 118 cm³/mol. The molecule has 6 heteroatoms. The molecule has 0 saturated carbocycles. The van der Waals surface area contributed by atoms with E-state index in [1.54, 1.807) is 6.20 Å². The first kappa shape index (κ1) is 20.4. The number of aryl methyl sites for hydroxylation is 1. The summed E-state index contributed by atoms with van der Waals surface area (Å²) in [6, 6.07) is 17.6. The maximum absolute atomic E-state index is 12.7. The number of nitrogens with one attached hydrogen (secondary N) is 1. The molecular formula is C24H24ClN3O2. The number of carbonyl (C=O) groups excluding carboxylic acids is 1. The number of carbonyl (C=O) groups is 1. The maximum Gasteiger partial charge on any atom is 0.251 e. The summed E-state index contributed by atoms with van der Waals surface area (Å²) in [6.07, 6.45) is 1.69. The van der Waals surface area contributed by atoms with Crippen molar-refractivity contribution in [2.75, 3.05) is 13.2 Å². The Morgan fingerprint density at radius 2 is 2.03 bits per heavy atom. The first-order valence-electron chi connectivity index (χ1n) is 10.00. The molecule has 3 aromatic rings. The predicted octanol–water partition coefficient (Wildman–Crippen LogP) is 4.37. The standard InChI is InChI=1S/C24H24ClN3O2/c1-17-4-6-18(7-5-17)14-27-24(29)19-8-9-22-21(13-19)16-28(11-12-30-22)15-20-3-2-10-26-23(20)25/h2-10,13H,11-12,14-16H2,1H3,(H,27,29). The zero-order chi connectivity index (χ0) is 20.9. The van der Waals surface area contributed by atoms with Crippen molar-refractivity contribution in [3.63, 3.8) is 0 Å². The van der Waals surface area contributed by atoms with Crippen LogP contribution in [0.1, 0.15) is 32.6 Å². The van der Waals surface area contributed by atoms with Gasteiger partial charge in [0.25, 0.3) is 5.91 Å². The third-order valence-electron chi connectivity index (χ3n) is 5.19. The number of halogens is 1. The minimum Gasteiger partial charge on any atom is -0.492 e. The molecule has 0 spiro atoms. The van der Waals surface area contributed by atoms with Gasteiger partial charge in [-0.25, -0.2) is 4.98 Å². The lowest BCUT2D eigenvalue weighted by Crippen LogP contribution is -2.26. The molecule has 2 aromatic carbocycles. The van der Waals surface area contributed by atoms with Gasteiger partial charge in [-0.1, -0.05) is 47.5 Å². The molecule has 1 amide bonds. The largest absolute Gasteiger partial charge is 0.492 e. The zero-order valence-corrected chi connectivity index (χ0v) is 17.7. The minimum atomic E-state index is -0.0931. The number of ether oxygens (including phenoxy) is 1. The van der Waals surface area contributed by atoms with Crippen molar-refractivity contribution in [3.05, 3.63) is 93.8 Å². The van der Waals surface area contributed by atoms with Crippen molar-refractivity contribution in [1.29, 1.82) is 0 Å². The molecule has 0 atom stereocenters. The number of hydrogen-bond acceptors (Lipinski definition) is 4. The van der Waals surface area contributed by atoms with Gasteiger partial charge in [0.15, 0.2) is 0 Å². The Kier molecular flexibility index (Phi) is 6.31. The van der Waals surface area contributed by atoms with Crippen molar-refractivity contribution < 1.29 is 9.53 Å². The van der Waals surface area contributed by atoms with Crippen molar-refractivity contribution in [1.82, 2.24) is 15.2 Å². The Balaban J connectivity index is 1.45. The molecule has 0 unspecified atom stereocenters. The van der Waals surface area contributed by atoms with E-state index in [0.717, 1.165) is 29.0 Å². The van der Waals surface area contributed by atoms with Gasteiger partial charge in [0.1, 0.15) is 17.5 Å². The highest BCUT2D eigenvalue weighted by Crippen LogP contribution is 2.26. The molecule has 0 fully saturated rings.